The number of aryl methyl sites for hydroxylation is 1. The molecule has 0 radical (unpaired) electrons. The standard InChI is InChI=1S/C10H7ClFNS/c1-6-2-7(4-8(12)3-6)10-13-9(11)5-14-10/h2-5H,1H3. The number of halogens is 2. The lowest BCUT2D eigenvalue weighted by molar-refractivity contribution is 0.627. The largest absolute Gasteiger partial charge is 0.224 e. The predicted molar refractivity (Wildman–Crippen MR) is 57.3 cm³/mol. The number of hydrogen-bond acceptors (Lipinski definition) is 2. The highest BCUT2D eigenvalue weighted by molar-refractivity contribution is 7.13. The van der Waals surface area contributed by atoms with Gasteiger partial charge < -0.3 is 0 Å². The van der Waals surface area contributed by atoms with Gasteiger partial charge in [-0.25, -0.2) is 9.37 Å². The summed E-state index contributed by atoms with van der Waals surface area (Å²) in [6.45, 7) is 1.85. The molecule has 1 heterocycles. The number of thiazole rings is 1. The van der Waals surface area contributed by atoms with Crippen LogP contribution in [0.4, 0.5) is 4.39 Å². The van der Waals surface area contributed by atoms with Crippen LogP contribution in [-0.4, -0.2) is 4.98 Å². The molecular formula is C10H7ClFNS. The highest BCUT2D eigenvalue weighted by Gasteiger charge is 2.05. The molecule has 0 saturated heterocycles. The summed E-state index contributed by atoms with van der Waals surface area (Å²) >= 11 is 7.11. The summed E-state index contributed by atoms with van der Waals surface area (Å²) in [6, 6.07) is 4.83. The Balaban J connectivity index is 2.51. The second kappa shape index (κ2) is 3.67. The third-order valence-electron chi connectivity index (χ3n) is 1.77. The highest BCUT2D eigenvalue weighted by atomic mass is 35.5. The van der Waals surface area contributed by atoms with Crippen LogP contribution in [0.1, 0.15) is 5.56 Å². The third-order valence-corrected chi connectivity index (χ3v) is 2.98. The fourth-order valence-corrected chi connectivity index (χ4v) is 2.18. The van der Waals surface area contributed by atoms with Crippen LogP contribution in [0.3, 0.4) is 0 Å². The van der Waals surface area contributed by atoms with Crippen LogP contribution in [-0.2, 0) is 0 Å². The molecule has 2 aromatic rings. The van der Waals surface area contributed by atoms with Crippen LogP contribution in [0.2, 0.25) is 5.15 Å². The van der Waals surface area contributed by atoms with Crippen LogP contribution in [0.15, 0.2) is 23.6 Å². The SMILES string of the molecule is Cc1cc(F)cc(-c2nc(Cl)cs2)c1. The van der Waals surface area contributed by atoms with Crippen molar-refractivity contribution in [3.63, 3.8) is 0 Å². The van der Waals surface area contributed by atoms with Crippen molar-refractivity contribution in [3.05, 3.63) is 40.1 Å². The molecule has 1 nitrogen and oxygen atoms in total. The van der Waals surface area contributed by atoms with Crippen molar-refractivity contribution in [2.24, 2.45) is 0 Å². The monoisotopic (exact) mass is 227 g/mol. The zero-order valence-corrected chi connectivity index (χ0v) is 8.99. The lowest BCUT2D eigenvalue weighted by Crippen LogP contribution is -1.82. The minimum absolute atomic E-state index is 0.244. The molecule has 4 heteroatoms. The molecule has 0 bridgehead atoms. The van der Waals surface area contributed by atoms with Crippen molar-refractivity contribution in [2.45, 2.75) is 6.92 Å². The Hall–Kier alpha value is -0.930. The summed E-state index contributed by atoms with van der Waals surface area (Å²) in [7, 11) is 0. The first-order chi connectivity index (χ1) is 6.65. The lowest BCUT2D eigenvalue weighted by atomic mass is 10.1. The maximum Gasteiger partial charge on any atom is 0.140 e. The van der Waals surface area contributed by atoms with Crippen molar-refractivity contribution in [1.82, 2.24) is 4.98 Å². The van der Waals surface area contributed by atoms with E-state index in [9.17, 15) is 4.39 Å². The number of rotatable bonds is 1. The van der Waals surface area contributed by atoms with Crippen molar-refractivity contribution >= 4 is 22.9 Å². The Morgan fingerprint density at radius 1 is 1.36 bits per heavy atom. The van der Waals surface area contributed by atoms with E-state index in [1.807, 2.05) is 13.0 Å². The van der Waals surface area contributed by atoms with Crippen LogP contribution in [0, 0.1) is 12.7 Å². The summed E-state index contributed by atoms with van der Waals surface area (Å²) in [5, 5.41) is 2.93. The molecule has 1 aromatic heterocycles. The highest BCUT2D eigenvalue weighted by Crippen LogP contribution is 2.26. The van der Waals surface area contributed by atoms with E-state index in [0.717, 1.165) is 16.1 Å². The van der Waals surface area contributed by atoms with E-state index in [1.165, 1.54) is 23.5 Å². The maximum atomic E-state index is 13.1. The van der Waals surface area contributed by atoms with Crippen LogP contribution in [0.25, 0.3) is 10.6 Å². The third kappa shape index (κ3) is 1.94. The summed E-state index contributed by atoms with van der Waals surface area (Å²) in [4.78, 5) is 4.08. The van der Waals surface area contributed by atoms with Gasteiger partial charge in [-0.1, -0.05) is 11.6 Å². The molecule has 0 fully saturated rings. The molecular weight excluding hydrogens is 221 g/mol. The predicted octanol–water partition coefficient (Wildman–Crippen LogP) is 3.91. The van der Waals surface area contributed by atoms with Gasteiger partial charge in [-0.2, -0.15) is 0 Å². The second-order valence-corrected chi connectivity index (χ2v) is 4.24. The number of benzene rings is 1. The molecule has 72 valence electrons. The van der Waals surface area contributed by atoms with Crippen molar-refractivity contribution in [1.29, 1.82) is 0 Å². The van der Waals surface area contributed by atoms with E-state index in [2.05, 4.69) is 4.98 Å². The van der Waals surface area contributed by atoms with Gasteiger partial charge in [0.05, 0.1) is 0 Å². The quantitative estimate of drug-likeness (QED) is 0.720. The van der Waals surface area contributed by atoms with Crippen LogP contribution in [0.5, 0.6) is 0 Å². The summed E-state index contributed by atoms with van der Waals surface area (Å²) in [6.07, 6.45) is 0. The smallest absolute Gasteiger partial charge is 0.140 e. The summed E-state index contributed by atoms with van der Waals surface area (Å²) < 4.78 is 13.1. The molecule has 1 aromatic carbocycles. The molecule has 0 amide bonds. The van der Waals surface area contributed by atoms with Gasteiger partial charge in [0.2, 0.25) is 0 Å². The van der Waals surface area contributed by atoms with Gasteiger partial charge >= 0.3 is 0 Å². The molecule has 0 N–H and O–H groups in total. The van der Waals surface area contributed by atoms with Gasteiger partial charge in [0.25, 0.3) is 0 Å². The minimum atomic E-state index is -0.244. The maximum absolute atomic E-state index is 13.1. The molecule has 14 heavy (non-hydrogen) atoms. The molecule has 0 aliphatic carbocycles. The Morgan fingerprint density at radius 2 is 2.14 bits per heavy atom. The van der Waals surface area contributed by atoms with Crippen molar-refractivity contribution in [2.75, 3.05) is 0 Å². The molecule has 0 atom stereocenters. The van der Waals surface area contributed by atoms with E-state index in [1.54, 1.807) is 5.38 Å². The van der Waals surface area contributed by atoms with E-state index < -0.39 is 0 Å². The first kappa shape index (κ1) is 9.62. The number of nitrogens with zero attached hydrogens (tertiary/aromatic N) is 1. The van der Waals surface area contributed by atoms with E-state index >= 15 is 0 Å². The van der Waals surface area contributed by atoms with Crippen molar-refractivity contribution in [3.8, 4) is 10.6 Å². The Kier molecular flexibility index (Phi) is 2.52. The Morgan fingerprint density at radius 3 is 2.71 bits per heavy atom. The Labute approximate surface area is 90.2 Å². The topological polar surface area (TPSA) is 12.9 Å². The van der Waals surface area contributed by atoms with E-state index in [4.69, 9.17) is 11.6 Å². The fourth-order valence-electron chi connectivity index (χ4n) is 1.25. The van der Waals surface area contributed by atoms with E-state index in [-0.39, 0.29) is 5.82 Å². The molecule has 0 aliphatic rings. The zero-order chi connectivity index (χ0) is 10.1. The first-order valence-corrected chi connectivity index (χ1v) is 5.29. The molecule has 2 rings (SSSR count). The Bertz CT molecular complexity index is 447. The average Bonchev–Trinajstić information content (AvgIpc) is 2.50. The molecule has 0 saturated carbocycles. The second-order valence-electron chi connectivity index (χ2n) is 2.99. The summed E-state index contributed by atoms with van der Waals surface area (Å²) in [5.41, 5.74) is 1.66. The minimum Gasteiger partial charge on any atom is -0.224 e. The van der Waals surface area contributed by atoms with Crippen LogP contribution >= 0.6 is 22.9 Å². The number of aromatic nitrogens is 1. The zero-order valence-electron chi connectivity index (χ0n) is 7.42. The summed E-state index contributed by atoms with van der Waals surface area (Å²) in [5.74, 6) is -0.244. The molecule has 0 aliphatic heterocycles. The average molecular weight is 228 g/mol. The van der Waals surface area contributed by atoms with Gasteiger partial charge in [0.1, 0.15) is 16.0 Å². The van der Waals surface area contributed by atoms with Gasteiger partial charge in [-0.05, 0) is 30.7 Å². The van der Waals surface area contributed by atoms with Gasteiger partial charge in [0.15, 0.2) is 0 Å². The van der Waals surface area contributed by atoms with Gasteiger partial charge in [0, 0.05) is 10.9 Å². The molecule has 0 spiro atoms. The first-order valence-electron chi connectivity index (χ1n) is 4.04. The number of hydrogen-bond donors (Lipinski definition) is 0. The van der Waals surface area contributed by atoms with E-state index in [0.29, 0.717) is 5.15 Å². The fraction of sp³-hybridized carbons (Fsp3) is 0.100. The van der Waals surface area contributed by atoms with Gasteiger partial charge in [-0.15, -0.1) is 11.3 Å². The van der Waals surface area contributed by atoms with Gasteiger partial charge in [-0.3, -0.25) is 0 Å². The normalized spacial score (nSPS) is 10.5. The van der Waals surface area contributed by atoms with Crippen molar-refractivity contribution < 1.29 is 4.39 Å². The lowest BCUT2D eigenvalue weighted by Gasteiger charge is -1.98. The van der Waals surface area contributed by atoms with Crippen LogP contribution < -0.4 is 0 Å². The molecule has 0 unspecified atom stereocenters.